The van der Waals surface area contributed by atoms with Gasteiger partial charge in [0.15, 0.2) is 0 Å². The average Bonchev–Trinajstić information content (AvgIpc) is 3.19. The van der Waals surface area contributed by atoms with Crippen LogP contribution in [-0.4, -0.2) is 60.8 Å². The summed E-state index contributed by atoms with van der Waals surface area (Å²) in [7, 11) is 0. The van der Waals surface area contributed by atoms with E-state index in [1.807, 2.05) is 11.1 Å². The lowest BCUT2D eigenvalue weighted by molar-refractivity contribution is -0.128. The molecular formula is C17H20N6O2. The van der Waals surface area contributed by atoms with Crippen LogP contribution in [0.3, 0.4) is 0 Å². The molecule has 1 saturated heterocycles. The summed E-state index contributed by atoms with van der Waals surface area (Å²) in [6.45, 7) is 3.24. The number of carbonyl (C=O) groups is 2. The molecule has 130 valence electrons. The van der Waals surface area contributed by atoms with Crippen LogP contribution in [0.5, 0.6) is 0 Å². The van der Waals surface area contributed by atoms with E-state index in [9.17, 15) is 9.59 Å². The number of nitrogens with zero attached hydrogens (tertiary/aromatic N) is 6. The molecule has 0 spiro atoms. The summed E-state index contributed by atoms with van der Waals surface area (Å²) in [4.78, 5) is 41.0. The Bertz CT molecular complexity index is 774. The number of fused-ring (bicyclic) bond motifs is 1. The molecule has 0 radical (unpaired) electrons. The van der Waals surface area contributed by atoms with Crippen molar-refractivity contribution in [3.8, 4) is 0 Å². The second kappa shape index (κ2) is 6.62. The largest absolute Gasteiger partial charge is 0.342 e. The first-order chi connectivity index (χ1) is 12.2. The van der Waals surface area contributed by atoms with E-state index in [2.05, 4.69) is 19.5 Å². The van der Waals surface area contributed by atoms with Crippen LogP contribution in [0.1, 0.15) is 29.2 Å². The normalized spacial score (nSPS) is 20.5. The predicted octanol–water partition coefficient (Wildman–Crippen LogP) is 0.568. The highest BCUT2D eigenvalue weighted by Crippen LogP contribution is 2.20. The summed E-state index contributed by atoms with van der Waals surface area (Å²) in [6, 6.07) is 0. The van der Waals surface area contributed by atoms with Crippen molar-refractivity contribution in [1.82, 2.24) is 29.3 Å². The summed E-state index contributed by atoms with van der Waals surface area (Å²) in [5.41, 5.74) is 0.332. The van der Waals surface area contributed by atoms with Crippen molar-refractivity contribution in [1.29, 1.82) is 0 Å². The van der Waals surface area contributed by atoms with Gasteiger partial charge in [0, 0.05) is 63.3 Å². The molecule has 0 saturated carbocycles. The van der Waals surface area contributed by atoms with Gasteiger partial charge in [-0.2, -0.15) is 0 Å². The highest BCUT2D eigenvalue weighted by atomic mass is 16.2. The Labute approximate surface area is 145 Å². The fourth-order valence-electron chi connectivity index (χ4n) is 3.59. The Morgan fingerprint density at radius 2 is 2.12 bits per heavy atom. The molecule has 2 amide bonds. The molecule has 0 bridgehead atoms. The van der Waals surface area contributed by atoms with Crippen LogP contribution in [0.25, 0.3) is 0 Å². The van der Waals surface area contributed by atoms with Gasteiger partial charge in [-0.3, -0.25) is 14.6 Å². The van der Waals surface area contributed by atoms with Gasteiger partial charge in [0.2, 0.25) is 5.91 Å². The Morgan fingerprint density at radius 3 is 2.88 bits per heavy atom. The minimum Gasteiger partial charge on any atom is -0.342 e. The first-order valence-corrected chi connectivity index (χ1v) is 8.54. The van der Waals surface area contributed by atoms with Gasteiger partial charge in [0.1, 0.15) is 11.5 Å². The third-order valence-electron chi connectivity index (χ3n) is 4.79. The number of hydrogen-bond donors (Lipinski definition) is 0. The molecule has 8 nitrogen and oxygen atoms in total. The third-order valence-corrected chi connectivity index (χ3v) is 4.79. The number of aromatic nitrogens is 4. The van der Waals surface area contributed by atoms with Crippen LogP contribution in [0.15, 0.2) is 31.0 Å². The molecule has 8 heteroatoms. The minimum atomic E-state index is -0.151. The van der Waals surface area contributed by atoms with E-state index in [1.165, 1.54) is 12.4 Å². The van der Waals surface area contributed by atoms with E-state index in [-0.39, 0.29) is 17.7 Å². The maximum Gasteiger partial charge on any atom is 0.274 e. The number of hydrogen-bond acceptors (Lipinski definition) is 5. The number of likely N-dealkylation sites (tertiary alicyclic amines) is 1. The lowest BCUT2D eigenvalue weighted by Gasteiger charge is -2.27. The lowest BCUT2D eigenvalue weighted by Crippen LogP contribution is -2.39. The highest BCUT2D eigenvalue weighted by molar-refractivity contribution is 5.91. The quantitative estimate of drug-likeness (QED) is 0.815. The molecule has 0 aromatic carbocycles. The molecule has 1 fully saturated rings. The Kier molecular flexibility index (Phi) is 4.17. The number of imidazole rings is 1. The molecule has 4 heterocycles. The van der Waals surface area contributed by atoms with E-state index in [0.29, 0.717) is 31.7 Å². The van der Waals surface area contributed by atoms with E-state index in [1.54, 1.807) is 17.3 Å². The van der Waals surface area contributed by atoms with Gasteiger partial charge < -0.3 is 14.4 Å². The second-order valence-corrected chi connectivity index (χ2v) is 6.58. The van der Waals surface area contributed by atoms with Gasteiger partial charge in [-0.25, -0.2) is 9.97 Å². The van der Waals surface area contributed by atoms with Crippen LogP contribution >= 0.6 is 0 Å². The van der Waals surface area contributed by atoms with Gasteiger partial charge in [-0.05, 0) is 6.42 Å². The van der Waals surface area contributed by atoms with Gasteiger partial charge in [0.05, 0.1) is 12.7 Å². The fraction of sp³-hybridized carbons (Fsp3) is 0.471. The zero-order valence-electron chi connectivity index (χ0n) is 13.9. The zero-order valence-corrected chi connectivity index (χ0v) is 13.9. The maximum atomic E-state index is 12.8. The highest BCUT2D eigenvalue weighted by Gasteiger charge is 2.30. The fourth-order valence-corrected chi connectivity index (χ4v) is 3.59. The number of carbonyl (C=O) groups excluding carboxylic acids is 2. The van der Waals surface area contributed by atoms with Gasteiger partial charge in [-0.1, -0.05) is 0 Å². The van der Waals surface area contributed by atoms with Gasteiger partial charge in [0.25, 0.3) is 5.91 Å². The SMILES string of the molecule is O=C1CCCN1C[C@H]1CN(C(=O)c2cnccn2)Cc2nccn2C1. The lowest BCUT2D eigenvalue weighted by atomic mass is 10.1. The Hall–Kier alpha value is -2.77. The summed E-state index contributed by atoms with van der Waals surface area (Å²) in [5.74, 6) is 1.08. The second-order valence-electron chi connectivity index (χ2n) is 6.58. The van der Waals surface area contributed by atoms with Crippen LogP contribution in [0.4, 0.5) is 0 Å². The van der Waals surface area contributed by atoms with Gasteiger partial charge >= 0.3 is 0 Å². The molecule has 25 heavy (non-hydrogen) atoms. The topological polar surface area (TPSA) is 84.2 Å². The first-order valence-electron chi connectivity index (χ1n) is 8.54. The Balaban J connectivity index is 1.57. The maximum absolute atomic E-state index is 12.8. The van der Waals surface area contributed by atoms with E-state index in [0.717, 1.165) is 25.3 Å². The molecule has 2 aromatic heterocycles. The van der Waals surface area contributed by atoms with Gasteiger partial charge in [-0.15, -0.1) is 0 Å². The van der Waals surface area contributed by atoms with Crippen LogP contribution < -0.4 is 0 Å². The molecule has 0 unspecified atom stereocenters. The molecule has 4 rings (SSSR count). The number of amides is 2. The predicted molar refractivity (Wildman–Crippen MR) is 88.3 cm³/mol. The summed E-state index contributed by atoms with van der Waals surface area (Å²) in [6.07, 6.45) is 9.79. The van der Waals surface area contributed by atoms with Crippen LogP contribution in [0.2, 0.25) is 0 Å². The van der Waals surface area contributed by atoms with E-state index < -0.39 is 0 Å². The van der Waals surface area contributed by atoms with Crippen molar-refractivity contribution in [3.63, 3.8) is 0 Å². The van der Waals surface area contributed by atoms with E-state index in [4.69, 9.17) is 0 Å². The standard InChI is InChI=1S/C17H20N6O2/c24-16-2-1-6-22(16)10-13-9-21-7-5-20-15(21)12-23(11-13)17(25)14-8-18-3-4-19-14/h3-5,7-8,13H,1-2,6,9-12H2/t13-/m0/s1. The summed E-state index contributed by atoms with van der Waals surface area (Å²) < 4.78 is 2.08. The average molecular weight is 340 g/mol. The van der Waals surface area contributed by atoms with Crippen LogP contribution in [0, 0.1) is 5.92 Å². The summed E-state index contributed by atoms with van der Waals surface area (Å²) >= 11 is 0. The molecule has 0 aliphatic carbocycles. The van der Waals surface area contributed by atoms with Crippen molar-refractivity contribution in [2.45, 2.75) is 25.9 Å². The smallest absolute Gasteiger partial charge is 0.274 e. The minimum absolute atomic E-state index is 0.151. The third kappa shape index (κ3) is 3.24. The van der Waals surface area contributed by atoms with Crippen molar-refractivity contribution < 1.29 is 9.59 Å². The molecule has 2 aliphatic rings. The van der Waals surface area contributed by atoms with Crippen molar-refractivity contribution in [2.24, 2.45) is 5.92 Å². The van der Waals surface area contributed by atoms with E-state index >= 15 is 0 Å². The van der Waals surface area contributed by atoms with Crippen molar-refractivity contribution >= 4 is 11.8 Å². The molecule has 2 aromatic rings. The Morgan fingerprint density at radius 1 is 1.20 bits per heavy atom. The first kappa shape index (κ1) is 15.7. The summed E-state index contributed by atoms with van der Waals surface area (Å²) in [5, 5.41) is 0. The molecule has 0 N–H and O–H groups in total. The monoisotopic (exact) mass is 340 g/mol. The number of rotatable bonds is 3. The van der Waals surface area contributed by atoms with Crippen molar-refractivity contribution in [3.05, 3.63) is 42.5 Å². The zero-order chi connectivity index (χ0) is 17.2. The van der Waals surface area contributed by atoms with Crippen LogP contribution in [-0.2, 0) is 17.9 Å². The van der Waals surface area contributed by atoms with Crippen molar-refractivity contribution in [2.75, 3.05) is 19.6 Å². The molecule has 2 aliphatic heterocycles. The molecular weight excluding hydrogens is 320 g/mol. The molecule has 1 atom stereocenters.